The number of anilines is 1. The number of sulfonamides is 1. The molecule has 8 heteroatoms. The average Bonchev–Trinajstić information content (AvgIpc) is 2.82. The number of thiazole rings is 1. The van der Waals surface area contributed by atoms with Gasteiger partial charge in [-0.3, -0.25) is 9.52 Å². The number of aromatic nitrogens is 1. The molecule has 1 N–H and O–H groups in total. The predicted octanol–water partition coefficient (Wildman–Crippen LogP) is 2.72. The number of hydrogen-bond donors (Lipinski definition) is 1. The van der Waals surface area contributed by atoms with Crippen molar-refractivity contribution in [3.8, 4) is 5.75 Å². The highest BCUT2D eigenvalue weighted by atomic mass is 32.2. The smallest absolute Gasteiger partial charge is 0.307 e. The van der Waals surface area contributed by atoms with Gasteiger partial charge >= 0.3 is 4.87 Å². The van der Waals surface area contributed by atoms with Crippen molar-refractivity contribution in [2.75, 3.05) is 11.8 Å². The average molecular weight is 364 g/mol. The van der Waals surface area contributed by atoms with E-state index in [1.807, 2.05) is 6.92 Å². The molecule has 0 saturated carbocycles. The van der Waals surface area contributed by atoms with Crippen LogP contribution in [-0.2, 0) is 17.1 Å². The zero-order valence-corrected chi connectivity index (χ0v) is 15.0. The Hall–Kier alpha value is -2.32. The molecule has 0 aliphatic carbocycles. The van der Waals surface area contributed by atoms with Crippen LogP contribution in [0.5, 0.6) is 5.75 Å². The van der Waals surface area contributed by atoms with E-state index in [1.165, 1.54) is 11.7 Å². The molecule has 0 aliphatic heterocycles. The van der Waals surface area contributed by atoms with Crippen molar-refractivity contribution >= 4 is 37.3 Å². The van der Waals surface area contributed by atoms with Gasteiger partial charge in [0, 0.05) is 7.05 Å². The lowest BCUT2D eigenvalue weighted by atomic mass is 10.2. The third-order valence-electron chi connectivity index (χ3n) is 3.65. The van der Waals surface area contributed by atoms with Crippen molar-refractivity contribution in [1.82, 2.24) is 4.57 Å². The minimum atomic E-state index is -3.81. The van der Waals surface area contributed by atoms with Gasteiger partial charge in [-0.05, 0) is 42.8 Å². The summed E-state index contributed by atoms with van der Waals surface area (Å²) in [6, 6.07) is 9.97. The fourth-order valence-corrected chi connectivity index (χ4v) is 4.56. The molecule has 0 spiro atoms. The molecule has 3 aromatic rings. The maximum atomic E-state index is 12.7. The van der Waals surface area contributed by atoms with E-state index in [2.05, 4.69) is 4.72 Å². The van der Waals surface area contributed by atoms with E-state index in [1.54, 1.807) is 43.4 Å². The van der Waals surface area contributed by atoms with Crippen LogP contribution in [0.1, 0.15) is 5.56 Å². The Kier molecular flexibility index (Phi) is 4.10. The first-order valence-electron chi connectivity index (χ1n) is 7.09. The van der Waals surface area contributed by atoms with Crippen LogP contribution in [0.3, 0.4) is 0 Å². The Morgan fingerprint density at radius 2 is 1.92 bits per heavy atom. The van der Waals surface area contributed by atoms with Gasteiger partial charge in [0.25, 0.3) is 10.0 Å². The SMILES string of the molecule is COc1ccc(C)cc1S(=O)(=O)Nc1ccc2sc(=O)n(C)c2c1. The van der Waals surface area contributed by atoms with Crippen LogP contribution in [0.2, 0.25) is 0 Å². The summed E-state index contributed by atoms with van der Waals surface area (Å²) in [6.45, 7) is 1.81. The largest absolute Gasteiger partial charge is 0.495 e. The quantitative estimate of drug-likeness (QED) is 0.772. The highest BCUT2D eigenvalue weighted by molar-refractivity contribution is 7.92. The van der Waals surface area contributed by atoms with Crippen LogP contribution < -0.4 is 14.3 Å². The van der Waals surface area contributed by atoms with E-state index in [4.69, 9.17) is 4.74 Å². The lowest BCUT2D eigenvalue weighted by Gasteiger charge is -2.12. The molecule has 0 bridgehead atoms. The van der Waals surface area contributed by atoms with E-state index in [-0.39, 0.29) is 15.5 Å². The van der Waals surface area contributed by atoms with Crippen LogP contribution in [-0.4, -0.2) is 20.1 Å². The van der Waals surface area contributed by atoms with E-state index >= 15 is 0 Å². The molecular weight excluding hydrogens is 348 g/mol. The van der Waals surface area contributed by atoms with Gasteiger partial charge in [0.2, 0.25) is 0 Å². The summed E-state index contributed by atoms with van der Waals surface area (Å²) in [4.78, 5) is 11.7. The summed E-state index contributed by atoms with van der Waals surface area (Å²) in [6.07, 6.45) is 0. The molecular formula is C16H16N2O4S2. The van der Waals surface area contributed by atoms with Crippen molar-refractivity contribution in [3.05, 3.63) is 51.6 Å². The maximum Gasteiger partial charge on any atom is 0.307 e. The van der Waals surface area contributed by atoms with Gasteiger partial charge in [-0.2, -0.15) is 0 Å². The third kappa shape index (κ3) is 2.90. The predicted molar refractivity (Wildman–Crippen MR) is 95.6 cm³/mol. The second-order valence-electron chi connectivity index (χ2n) is 5.37. The summed E-state index contributed by atoms with van der Waals surface area (Å²) in [5, 5.41) is 0. The Bertz CT molecular complexity index is 1080. The first-order valence-corrected chi connectivity index (χ1v) is 9.39. The molecule has 0 unspecified atom stereocenters. The first-order chi connectivity index (χ1) is 11.3. The lowest BCUT2D eigenvalue weighted by molar-refractivity contribution is 0.402. The molecule has 24 heavy (non-hydrogen) atoms. The Balaban J connectivity index is 2.05. The maximum absolute atomic E-state index is 12.7. The van der Waals surface area contributed by atoms with Gasteiger partial charge in [-0.25, -0.2) is 8.42 Å². The van der Waals surface area contributed by atoms with E-state index in [9.17, 15) is 13.2 Å². The monoisotopic (exact) mass is 364 g/mol. The molecule has 0 amide bonds. The van der Waals surface area contributed by atoms with Gasteiger partial charge in [-0.1, -0.05) is 17.4 Å². The zero-order chi connectivity index (χ0) is 17.5. The molecule has 3 rings (SSSR count). The lowest BCUT2D eigenvalue weighted by Crippen LogP contribution is -2.14. The first kappa shape index (κ1) is 16.5. The topological polar surface area (TPSA) is 77.4 Å². The number of aryl methyl sites for hydroxylation is 2. The molecule has 6 nitrogen and oxygen atoms in total. The van der Waals surface area contributed by atoms with Crippen LogP contribution in [0.4, 0.5) is 5.69 Å². The van der Waals surface area contributed by atoms with Crippen molar-refractivity contribution in [2.45, 2.75) is 11.8 Å². The number of methoxy groups -OCH3 is 1. The van der Waals surface area contributed by atoms with Crippen LogP contribution >= 0.6 is 11.3 Å². The number of nitrogens with one attached hydrogen (secondary N) is 1. The Labute approximate surface area is 143 Å². The second kappa shape index (κ2) is 5.95. The van der Waals surface area contributed by atoms with Crippen molar-refractivity contribution in [3.63, 3.8) is 0 Å². The molecule has 0 aliphatic rings. The number of nitrogens with zero attached hydrogens (tertiary/aromatic N) is 1. The normalized spacial score (nSPS) is 11.6. The Morgan fingerprint density at radius 1 is 1.17 bits per heavy atom. The fourth-order valence-electron chi connectivity index (χ4n) is 2.39. The van der Waals surface area contributed by atoms with E-state index < -0.39 is 10.0 Å². The molecule has 0 saturated heterocycles. The van der Waals surface area contributed by atoms with Crippen LogP contribution in [0, 0.1) is 6.92 Å². The van der Waals surface area contributed by atoms with Gasteiger partial charge in [0.05, 0.1) is 23.0 Å². The molecule has 126 valence electrons. The molecule has 0 radical (unpaired) electrons. The van der Waals surface area contributed by atoms with E-state index in [0.717, 1.165) is 21.6 Å². The van der Waals surface area contributed by atoms with Gasteiger partial charge < -0.3 is 9.30 Å². The van der Waals surface area contributed by atoms with Gasteiger partial charge in [0.15, 0.2) is 0 Å². The number of benzene rings is 2. The summed E-state index contributed by atoms with van der Waals surface area (Å²) in [5.41, 5.74) is 1.88. The van der Waals surface area contributed by atoms with Crippen molar-refractivity contribution in [1.29, 1.82) is 0 Å². The molecule has 0 fully saturated rings. The van der Waals surface area contributed by atoms with Gasteiger partial charge in [-0.15, -0.1) is 0 Å². The number of rotatable bonds is 4. The fraction of sp³-hybridized carbons (Fsp3) is 0.188. The standard InChI is InChI=1S/C16H16N2O4S2/c1-10-4-6-13(22-3)15(8-10)24(20,21)17-11-5-7-14-12(9-11)18(2)16(19)23-14/h4-9,17H,1-3H3. The summed E-state index contributed by atoms with van der Waals surface area (Å²) in [7, 11) is -0.729. The minimum Gasteiger partial charge on any atom is -0.495 e. The Morgan fingerprint density at radius 3 is 2.62 bits per heavy atom. The molecule has 0 atom stereocenters. The molecule has 1 aromatic heterocycles. The van der Waals surface area contributed by atoms with E-state index in [0.29, 0.717) is 11.2 Å². The number of fused-ring (bicyclic) bond motifs is 1. The highest BCUT2D eigenvalue weighted by Crippen LogP contribution is 2.28. The number of ether oxygens (including phenoxy) is 1. The number of hydrogen-bond acceptors (Lipinski definition) is 5. The highest BCUT2D eigenvalue weighted by Gasteiger charge is 2.20. The summed E-state index contributed by atoms with van der Waals surface area (Å²) in [5.74, 6) is 0.275. The van der Waals surface area contributed by atoms with Crippen molar-refractivity contribution < 1.29 is 13.2 Å². The van der Waals surface area contributed by atoms with Crippen molar-refractivity contribution in [2.24, 2.45) is 7.05 Å². The summed E-state index contributed by atoms with van der Waals surface area (Å²) < 4.78 is 35.4. The molecule has 2 aromatic carbocycles. The summed E-state index contributed by atoms with van der Waals surface area (Å²) >= 11 is 1.12. The van der Waals surface area contributed by atoms with Gasteiger partial charge in [0.1, 0.15) is 10.6 Å². The van der Waals surface area contributed by atoms with Crippen LogP contribution in [0.25, 0.3) is 10.2 Å². The minimum absolute atomic E-state index is 0.0734. The van der Waals surface area contributed by atoms with Crippen LogP contribution in [0.15, 0.2) is 46.1 Å². The molecule has 1 heterocycles. The second-order valence-corrected chi connectivity index (χ2v) is 8.01. The third-order valence-corrected chi connectivity index (χ3v) is 6.07. The zero-order valence-electron chi connectivity index (χ0n) is 13.4.